The summed E-state index contributed by atoms with van der Waals surface area (Å²) in [5.74, 6) is -3.32. The lowest BCUT2D eigenvalue weighted by Gasteiger charge is -2.08. The minimum Gasteiger partial charge on any atom is -0.478 e. The molecule has 0 amide bonds. The van der Waals surface area contributed by atoms with Crippen molar-refractivity contribution in [1.82, 2.24) is 0 Å². The summed E-state index contributed by atoms with van der Waals surface area (Å²) >= 11 is 1.26. The Morgan fingerprint density at radius 3 is 2.42 bits per heavy atom. The second-order valence-corrected chi connectivity index (χ2v) is 4.84. The highest BCUT2D eigenvalue weighted by Gasteiger charge is 2.18. The van der Waals surface area contributed by atoms with Crippen LogP contribution in [0.5, 0.6) is 0 Å². The second kappa shape index (κ2) is 5.84. The lowest BCUT2D eigenvalue weighted by atomic mass is 10.1. The first-order valence-corrected chi connectivity index (χ1v) is 6.46. The highest BCUT2D eigenvalue weighted by atomic mass is 32.2. The number of halogens is 2. The summed E-state index contributed by atoms with van der Waals surface area (Å²) in [4.78, 5) is 11.9. The van der Waals surface area contributed by atoms with E-state index >= 15 is 0 Å². The smallest absolute Gasteiger partial charge is 0.336 e. The van der Waals surface area contributed by atoms with Crippen LogP contribution in [-0.2, 0) is 5.75 Å². The average molecular weight is 280 g/mol. The monoisotopic (exact) mass is 280 g/mol. The molecular formula is C14H10F2O2S. The summed E-state index contributed by atoms with van der Waals surface area (Å²) in [5.41, 5.74) is -0.330. The van der Waals surface area contributed by atoms with Gasteiger partial charge in [0.2, 0.25) is 0 Å². The van der Waals surface area contributed by atoms with Crippen LogP contribution in [-0.4, -0.2) is 11.1 Å². The van der Waals surface area contributed by atoms with Crippen LogP contribution in [0.25, 0.3) is 0 Å². The van der Waals surface area contributed by atoms with Gasteiger partial charge < -0.3 is 5.11 Å². The van der Waals surface area contributed by atoms with Crippen molar-refractivity contribution < 1.29 is 18.7 Å². The van der Waals surface area contributed by atoms with Crippen LogP contribution in [0.1, 0.15) is 15.9 Å². The fraction of sp³-hybridized carbons (Fsp3) is 0.0714. The first-order valence-electron chi connectivity index (χ1n) is 5.47. The molecule has 19 heavy (non-hydrogen) atoms. The van der Waals surface area contributed by atoms with Gasteiger partial charge in [0.05, 0.1) is 5.56 Å². The molecule has 2 aromatic carbocycles. The maximum absolute atomic E-state index is 13.7. The molecule has 0 fully saturated rings. The van der Waals surface area contributed by atoms with E-state index in [9.17, 15) is 13.6 Å². The number of carboxylic acids is 1. The molecule has 98 valence electrons. The molecule has 1 N–H and O–H groups in total. The number of rotatable bonds is 4. The minimum absolute atomic E-state index is 0.0647. The molecular weight excluding hydrogens is 270 g/mol. The van der Waals surface area contributed by atoms with E-state index in [1.165, 1.54) is 11.8 Å². The summed E-state index contributed by atoms with van der Waals surface area (Å²) < 4.78 is 26.8. The zero-order chi connectivity index (χ0) is 13.8. The van der Waals surface area contributed by atoms with Gasteiger partial charge in [0.25, 0.3) is 0 Å². The molecule has 2 nitrogen and oxygen atoms in total. The number of aromatic carboxylic acids is 1. The largest absolute Gasteiger partial charge is 0.478 e. The number of thioether (sulfide) groups is 1. The van der Waals surface area contributed by atoms with E-state index in [2.05, 4.69) is 0 Å². The fourth-order valence-corrected chi connectivity index (χ4v) is 2.55. The Morgan fingerprint density at radius 1 is 1.11 bits per heavy atom. The van der Waals surface area contributed by atoms with Gasteiger partial charge in [-0.2, -0.15) is 0 Å². The van der Waals surface area contributed by atoms with Crippen molar-refractivity contribution in [2.45, 2.75) is 10.6 Å². The molecule has 0 radical (unpaired) electrons. The first-order chi connectivity index (χ1) is 9.09. The maximum atomic E-state index is 13.7. The Morgan fingerprint density at radius 2 is 1.79 bits per heavy atom. The molecule has 0 aliphatic rings. The molecule has 0 bridgehead atoms. The number of carbonyl (C=O) groups is 1. The summed E-state index contributed by atoms with van der Waals surface area (Å²) in [6, 6.07) is 11.0. The van der Waals surface area contributed by atoms with Crippen LogP contribution in [0.4, 0.5) is 8.78 Å². The van der Waals surface area contributed by atoms with Crippen LogP contribution in [0, 0.1) is 11.6 Å². The molecule has 2 rings (SSSR count). The normalized spacial score (nSPS) is 10.4. The third-order valence-electron chi connectivity index (χ3n) is 2.55. The maximum Gasteiger partial charge on any atom is 0.336 e. The molecule has 0 aliphatic heterocycles. The summed E-state index contributed by atoms with van der Waals surface area (Å²) in [6.07, 6.45) is 0. The van der Waals surface area contributed by atoms with Gasteiger partial charge in [0.1, 0.15) is 0 Å². The first kappa shape index (κ1) is 13.5. The lowest BCUT2D eigenvalue weighted by molar-refractivity contribution is 0.0695. The summed E-state index contributed by atoms with van der Waals surface area (Å²) in [6.45, 7) is 0. The van der Waals surface area contributed by atoms with E-state index in [-0.39, 0.29) is 16.9 Å². The van der Waals surface area contributed by atoms with Crippen LogP contribution >= 0.6 is 11.8 Å². The van der Waals surface area contributed by atoms with Crippen molar-refractivity contribution in [2.75, 3.05) is 0 Å². The standard InChI is InChI=1S/C14H10F2O2S/c15-12-7-6-10(14(17)18)11(13(12)16)8-19-9-4-2-1-3-5-9/h1-7H,8H2,(H,17,18). The predicted molar refractivity (Wildman–Crippen MR) is 69.3 cm³/mol. The SMILES string of the molecule is O=C(O)c1ccc(F)c(F)c1CSc1ccccc1. The molecule has 0 atom stereocenters. The quantitative estimate of drug-likeness (QED) is 0.861. The van der Waals surface area contributed by atoms with Gasteiger partial charge in [0, 0.05) is 16.2 Å². The Balaban J connectivity index is 2.28. The average Bonchev–Trinajstić information content (AvgIpc) is 2.41. The Labute approximate surface area is 113 Å². The number of hydrogen-bond donors (Lipinski definition) is 1. The molecule has 0 saturated carbocycles. The van der Waals surface area contributed by atoms with Gasteiger partial charge in [-0.15, -0.1) is 11.8 Å². The zero-order valence-corrected chi connectivity index (χ0v) is 10.6. The third-order valence-corrected chi connectivity index (χ3v) is 3.59. The van der Waals surface area contributed by atoms with Crippen molar-refractivity contribution in [3.8, 4) is 0 Å². The van der Waals surface area contributed by atoms with Crippen LogP contribution in [0.3, 0.4) is 0 Å². The van der Waals surface area contributed by atoms with Crippen molar-refractivity contribution >= 4 is 17.7 Å². The van der Waals surface area contributed by atoms with Gasteiger partial charge >= 0.3 is 5.97 Å². The molecule has 0 aromatic heterocycles. The molecule has 5 heteroatoms. The zero-order valence-electron chi connectivity index (χ0n) is 9.77. The fourth-order valence-electron chi connectivity index (χ4n) is 1.61. The van der Waals surface area contributed by atoms with E-state index < -0.39 is 17.6 Å². The van der Waals surface area contributed by atoms with Crippen molar-refractivity contribution in [2.24, 2.45) is 0 Å². The van der Waals surface area contributed by atoms with Gasteiger partial charge in [-0.3, -0.25) is 0 Å². The van der Waals surface area contributed by atoms with Gasteiger partial charge in [-0.25, -0.2) is 13.6 Å². The van der Waals surface area contributed by atoms with E-state index in [1.807, 2.05) is 30.3 Å². The minimum atomic E-state index is -1.26. The van der Waals surface area contributed by atoms with Gasteiger partial charge in [-0.1, -0.05) is 18.2 Å². The van der Waals surface area contributed by atoms with Crippen LogP contribution < -0.4 is 0 Å². The Kier molecular flexibility index (Phi) is 4.16. The number of benzene rings is 2. The molecule has 2 aromatic rings. The van der Waals surface area contributed by atoms with E-state index in [0.717, 1.165) is 17.0 Å². The summed E-state index contributed by atoms with van der Waals surface area (Å²) in [7, 11) is 0. The highest BCUT2D eigenvalue weighted by molar-refractivity contribution is 7.98. The van der Waals surface area contributed by atoms with Crippen molar-refractivity contribution in [1.29, 1.82) is 0 Å². The molecule has 0 saturated heterocycles. The second-order valence-electron chi connectivity index (χ2n) is 3.79. The van der Waals surface area contributed by atoms with E-state index in [1.54, 1.807) is 0 Å². The number of hydrogen-bond acceptors (Lipinski definition) is 2. The Bertz CT molecular complexity index is 600. The Hall–Kier alpha value is -1.88. The highest BCUT2D eigenvalue weighted by Crippen LogP contribution is 2.27. The molecule has 0 spiro atoms. The van der Waals surface area contributed by atoms with Gasteiger partial charge in [0.15, 0.2) is 11.6 Å². The molecule has 0 unspecified atom stereocenters. The predicted octanol–water partition coefficient (Wildman–Crippen LogP) is 3.96. The van der Waals surface area contributed by atoms with Crippen LogP contribution in [0.15, 0.2) is 47.4 Å². The summed E-state index contributed by atoms with van der Waals surface area (Å²) in [5, 5.41) is 8.98. The topological polar surface area (TPSA) is 37.3 Å². The molecule has 0 aliphatic carbocycles. The lowest BCUT2D eigenvalue weighted by Crippen LogP contribution is -2.05. The van der Waals surface area contributed by atoms with Gasteiger partial charge in [-0.05, 0) is 24.3 Å². The van der Waals surface area contributed by atoms with E-state index in [4.69, 9.17) is 5.11 Å². The van der Waals surface area contributed by atoms with Crippen molar-refractivity contribution in [3.63, 3.8) is 0 Å². The van der Waals surface area contributed by atoms with Crippen molar-refractivity contribution in [3.05, 3.63) is 65.2 Å². The van der Waals surface area contributed by atoms with E-state index in [0.29, 0.717) is 0 Å². The van der Waals surface area contributed by atoms with Crippen LogP contribution in [0.2, 0.25) is 0 Å². The third kappa shape index (κ3) is 3.12. The molecule has 0 heterocycles. The number of carboxylic acid groups (broad SMARTS) is 1.